The van der Waals surface area contributed by atoms with Crippen molar-refractivity contribution in [2.24, 2.45) is 0 Å². The molecule has 0 spiro atoms. The number of nitrogen functional groups attached to an aromatic ring is 1. The van der Waals surface area contributed by atoms with Gasteiger partial charge in [-0.25, -0.2) is 4.98 Å². The number of ether oxygens (including phenoxy) is 1. The fourth-order valence-electron chi connectivity index (χ4n) is 2.00. The molecule has 0 aromatic carbocycles. The SMILES string of the molecule is CCN(Cc1cccc(C)n1)c1ncnc(OC)c1N. The van der Waals surface area contributed by atoms with Gasteiger partial charge in [-0.3, -0.25) is 4.98 Å². The molecular weight excluding hydrogens is 254 g/mol. The van der Waals surface area contributed by atoms with E-state index in [0.717, 1.165) is 17.9 Å². The Bertz CT molecular complexity index is 588. The molecule has 0 fully saturated rings. The number of rotatable bonds is 5. The van der Waals surface area contributed by atoms with Crippen LogP contribution in [0.3, 0.4) is 0 Å². The zero-order chi connectivity index (χ0) is 14.5. The second-order valence-electron chi connectivity index (χ2n) is 4.40. The smallest absolute Gasteiger partial charge is 0.242 e. The first-order chi connectivity index (χ1) is 9.65. The molecule has 2 N–H and O–H groups in total. The number of hydrogen-bond acceptors (Lipinski definition) is 6. The highest BCUT2D eigenvalue weighted by Gasteiger charge is 2.15. The van der Waals surface area contributed by atoms with Crippen molar-refractivity contribution in [3.8, 4) is 5.88 Å². The lowest BCUT2D eigenvalue weighted by molar-refractivity contribution is 0.399. The van der Waals surface area contributed by atoms with Gasteiger partial charge < -0.3 is 15.4 Å². The third kappa shape index (κ3) is 2.96. The second kappa shape index (κ2) is 6.18. The fourth-order valence-corrected chi connectivity index (χ4v) is 2.00. The van der Waals surface area contributed by atoms with Crippen molar-refractivity contribution in [2.45, 2.75) is 20.4 Å². The quantitative estimate of drug-likeness (QED) is 0.895. The number of pyridine rings is 1. The first-order valence-electron chi connectivity index (χ1n) is 6.47. The van der Waals surface area contributed by atoms with Crippen LogP contribution in [0.1, 0.15) is 18.3 Å². The third-order valence-electron chi connectivity index (χ3n) is 3.00. The Kier molecular flexibility index (Phi) is 4.34. The molecule has 0 aliphatic rings. The molecule has 6 nitrogen and oxygen atoms in total. The van der Waals surface area contributed by atoms with E-state index in [4.69, 9.17) is 10.5 Å². The van der Waals surface area contributed by atoms with E-state index in [9.17, 15) is 0 Å². The summed E-state index contributed by atoms with van der Waals surface area (Å²) in [7, 11) is 1.54. The summed E-state index contributed by atoms with van der Waals surface area (Å²) in [4.78, 5) is 14.8. The Labute approximate surface area is 118 Å². The van der Waals surface area contributed by atoms with Gasteiger partial charge in [0.15, 0.2) is 5.82 Å². The summed E-state index contributed by atoms with van der Waals surface area (Å²) in [6.45, 7) is 5.42. The minimum Gasteiger partial charge on any atom is -0.479 e. The second-order valence-corrected chi connectivity index (χ2v) is 4.40. The molecule has 106 valence electrons. The number of nitrogens with zero attached hydrogens (tertiary/aromatic N) is 4. The maximum Gasteiger partial charge on any atom is 0.242 e. The van der Waals surface area contributed by atoms with E-state index in [0.29, 0.717) is 23.9 Å². The van der Waals surface area contributed by atoms with Crippen molar-refractivity contribution in [1.82, 2.24) is 15.0 Å². The first kappa shape index (κ1) is 14.0. The molecule has 0 amide bonds. The minimum atomic E-state index is 0.394. The van der Waals surface area contributed by atoms with Gasteiger partial charge in [-0.15, -0.1) is 0 Å². The molecule has 0 atom stereocenters. The van der Waals surface area contributed by atoms with E-state index in [1.165, 1.54) is 6.33 Å². The standard InChI is InChI=1S/C14H19N5O/c1-4-19(8-11-7-5-6-10(2)18-11)13-12(15)14(20-3)17-9-16-13/h5-7,9H,4,8,15H2,1-3H3. The van der Waals surface area contributed by atoms with Crippen molar-refractivity contribution in [2.75, 3.05) is 24.3 Å². The molecule has 0 aliphatic carbocycles. The van der Waals surface area contributed by atoms with Crippen LogP contribution in [0.25, 0.3) is 0 Å². The molecule has 0 unspecified atom stereocenters. The zero-order valence-electron chi connectivity index (χ0n) is 12.0. The first-order valence-corrected chi connectivity index (χ1v) is 6.47. The van der Waals surface area contributed by atoms with Gasteiger partial charge in [-0.1, -0.05) is 6.07 Å². The summed E-state index contributed by atoms with van der Waals surface area (Å²) >= 11 is 0. The highest BCUT2D eigenvalue weighted by Crippen LogP contribution is 2.28. The Morgan fingerprint density at radius 1 is 1.30 bits per heavy atom. The molecule has 2 heterocycles. The maximum atomic E-state index is 6.04. The molecular formula is C14H19N5O. The monoisotopic (exact) mass is 273 g/mol. The third-order valence-corrected chi connectivity index (χ3v) is 3.00. The van der Waals surface area contributed by atoms with Crippen molar-refractivity contribution in [3.63, 3.8) is 0 Å². The lowest BCUT2D eigenvalue weighted by Crippen LogP contribution is -2.25. The largest absolute Gasteiger partial charge is 0.479 e. The Morgan fingerprint density at radius 2 is 2.10 bits per heavy atom. The summed E-state index contributed by atoms with van der Waals surface area (Å²) in [6, 6.07) is 5.96. The van der Waals surface area contributed by atoms with Gasteiger partial charge >= 0.3 is 0 Å². The number of methoxy groups -OCH3 is 1. The van der Waals surface area contributed by atoms with E-state index in [-0.39, 0.29) is 0 Å². The summed E-state index contributed by atoms with van der Waals surface area (Å²) < 4.78 is 5.13. The lowest BCUT2D eigenvalue weighted by Gasteiger charge is -2.23. The van der Waals surface area contributed by atoms with Crippen LogP contribution in [0.4, 0.5) is 11.5 Å². The minimum absolute atomic E-state index is 0.394. The van der Waals surface area contributed by atoms with Gasteiger partial charge in [0.2, 0.25) is 5.88 Å². The normalized spacial score (nSPS) is 10.3. The summed E-state index contributed by atoms with van der Waals surface area (Å²) in [5, 5.41) is 0. The zero-order valence-corrected chi connectivity index (χ0v) is 12.0. The molecule has 0 radical (unpaired) electrons. The van der Waals surface area contributed by atoms with Crippen LogP contribution in [-0.2, 0) is 6.54 Å². The van der Waals surface area contributed by atoms with Crippen LogP contribution in [0.5, 0.6) is 5.88 Å². The van der Waals surface area contributed by atoms with E-state index in [1.807, 2.05) is 36.9 Å². The van der Waals surface area contributed by atoms with Crippen LogP contribution in [-0.4, -0.2) is 28.6 Å². The Hall–Kier alpha value is -2.37. The van der Waals surface area contributed by atoms with E-state index >= 15 is 0 Å². The number of aromatic nitrogens is 3. The van der Waals surface area contributed by atoms with Gasteiger partial charge in [0.1, 0.15) is 12.0 Å². The summed E-state index contributed by atoms with van der Waals surface area (Å²) in [6.07, 6.45) is 1.46. The molecule has 0 saturated heterocycles. The molecule has 0 aliphatic heterocycles. The van der Waals surface area contributed by atoms with Gasteiger partial charge in [-0.05, 0) is 26.0 Å². The number of aryl methyl sites for hydroxylation is 1. The van der Waals surface area contributed by atoms with Crippen LogP contribution in [0.15, 0.2) is 24.5 Å². The van der Waals surface area contributed by atoms with E-state index < -0.39 is 0 Å². The van der Waals surface area contributed by atoms with Crippen LogP contribution in [0, 0.1) is 6.92 Å². The van der Waals surface area contributed by atoms with Gasteiger partial charge in [0, 0.05) is 12.2 Å². The van der Waals surface area contributed by atoms with E-state index in [1.54, 1.807) is 7.11 Å². The molecule has 0 bridgehead atoms. The molecule has 2 rings (SSSR count). The van der Waals surface area contributed by atoms with Crippen LogP contribution >= 0.6 is 0 Å². The van der Waals surface area contributed by atoms with Gasteiger partial charge in [-0.2, -0.15) is 4.98 Å². The van der Waals surface area contributed by atoms with Gasteiger partial charge in [0.25, 0.3) is 0 Å². The molecule has 2 aromatic rings. The highest BCUT2D eigenvalue weighted by atomic mass is 16.5. The predicted molar refractivity (Wildman–Crippen MR) is 78.7 cm³/mol. The van der Waals surface area contributed by atoms with Crippen molar-refractivity contribution in [1.29, 1.82) is 0 Å². The van der Waals surface area contributed by atoms with Crippen molar-refractivity contribution >= 4 is 11.5 Å². The maximum absolute atomic E-state index is 6.04. The number of anilines is 2. The highest BCUT2D eigenvalue weighted by molar-refractivity contribution is 5.67. The summed E-state index contributed by atoms with van der Waals surface area (Å²) in [5.74, 6) is 1.06. The Balaban J connectivity index is 2.29. The molecule has 6 heteroatoms. The predicted octanol–water partition coefficient (Wildman–Crippen LogP) is 1.80. The van der Waals surface area contributed by atoms with Gasteiger partial charge in [0.05, 0.1) is 19.3 Å². The fraction of sp³-hybridized carbons (Fsp3) is 0.357. The molecule has 0 saturated carbocycles. The number of nitrogens with two attached hydrogens (primary N) is 1. The lowest BCUT2D eigenvalue weighted by atomic mass is 10.3. The number of hydrogen-bond donors (Lipinski definition) is 1. The summed E-state index contributed by atoms with van der Waals surface area (Å²) in [5.41, 5.74) is 8.46. The average molecular weight is 273 g/mol. The van der Waals surface area contributed by atoms with Crippen LogP contribution < -0.4 is 15.4 Å². The van der Waals surface area contributed by atoms with Crippen molar-refractivity contribution in [3.05, 3.63) is 35.9 Å². The van der Waals surface area contributed by atoms with Crippen LogP contribution in [0.2, 0.25) is 0 Å². The molecule has 20 heavy (non-hydrogen) atoms. The average Bonchev–Trinajstić information content (AvgIpc) is 2.45. The Morgan fingerprint density at radius 3 is 2.75 bits per heavy atom. The molecule has 2 aromatic heterocycles. The van der Waals surface area contributed by atoms with Crippen molar-refractivity contribution < 1.29 is 4.74 Å². The topological polar surface area (TPSA) is 77.2 Å². The van der Waals surface area contributed by atoms with E-state index in [2.05, 4.69) is 15.0 Å².